The van der Waals surface area contributed by atoms with Crippen LogP contribution in [0.5, 0.6) is 0 Å². The van der Waals surface area contributed by atoms with Gasteiger partial charge in [0.25, 0.3) is 17.0 Å². The Morgan fingerprint density at radius 2 is 1.71 bits per heavy atom. The summed E-state index contributed by atoms with van der Waals surface area (Å²) in [7, 11) is 1.51. The van der Waals surface area contributed by atoms with E-state index in [4.69, 9.17) is 0 Å². The number of aromatic nitrogens is 3. The average Bonchev–Trinajstić information content (AvgIpc) is 3.19. The van der Waals surface area contributed by atoms with Gasteiger partial charge >= 0.3 is 5.69 Å². The van der Waals surface area contributed by atoms with Gasteiger partial charge in [0.15, 0.2) is 0 Å². The molecule has 1 N–H and O–H groups in total. The van der Waals surface area contributed by atoms with E-state index in [1.807, 2.05) is 0 Å². The van der Waals surface area contributed by atoms with E-state index in [1.54, 1.807) is 13.8 Å². The molecule has 28 heavy (non-hydrogen) atoms. The summed E-state index contributed by atoms with van der Waals surface area (Å²) in [6.07, 6.45) is 2.33. The molecule has 1 saturated heterocycles. The SMILES string of the molecule is CCn1c(=O)c2c(C(=O)NCCN3CCCC3)cc(=O)n(CC)c2n(C)c1=O. The Morgan fingerprint density at radius 1 is 1.07 bits per heavy atom. The summed E-state index contributed by atoms with van der Waals surface area (Å²) in [6, 6.07) is 1.20. The number of fused-ring (bicyclic) bond motifs is 1. The highest BCUT2D eigenvalue weighted by Gasteiger charge is 2.22. The summed E-state index contributed by atoms with van der Waals surface area (Å²) >= 11 is 0. The molecule has 9 nitrogen and oxygen atoms in total. The van der Waals surface area contributed by atoms with Crippen molar-refractivity contribution < 1.29 is 4.79 Å². The molecule has 0 spiro atoms. The van der Waals surface area contributed by atoms with Crippen LogP contribution in [0.25, 0.3) is 11.0 Å². The molecule has 2 aromatic rings. The van der Waals surface area contributed by atoms with Crippen LogP contribution in [-0.2, 0) is 20.1 Å². The third kappa shape index (κ3) is 3.42. The summed E-state index contributed by atoms with van der Waals surface area (Å²) in [6.45, 7) is 7.13. The van der Waals surface area contributed by atoms with Gasteiger partial charge in [-0.05, 0) is 39.8 Å². The molecule has 0 bridgehead atoms. The smallest absolute Gasteiger partial charge is 0.332 e. The van der Waals surface area contributed by atoms with Gasteiger partial charge < -0.3 is 10.2 Å². The quantitative estimate of drug-likeness (QED) is 0.733. The molecule has 152 valence electrons. The van der Waals surface area contributed by atoms with E-state index in [0.29, 0.717) is 6.54 Å². The van der Waals surface area contributed by atoms with Crippen LogP contribution in [0, 0.1) is 0 Å². The number of likely N-dealkylation sites (tertiary alicyclic amines) is 1. The van der Waals surface area contributed by atoms with E-state index in [2.05, 4.69) is 10.2 Å². The lowest BCUT2D eigenvalue weighted by atomic mass is 10.1. The van der Waals surface area contributed by atoms with Crippen molar-refractivity contribution in [2.75, 3.05) is 26.2 Å². The third-order valence-corrected chi connectivity index (χ3v) is 5.37. The van der Waals surface area contributed by atoms with Gasteiger partial charge in [-0.1, -0.05) is 0 Å². The Hall–Kier alpha value is -2.68. The molecule has 1 fully saturated rings. The van der Waals surface area contributed by atoms with E-state index in [9.17, 15) is 19.2 Å². The molecular weight excluding hydrogens is 362 g/mol. The first-order valence-corrected chi connectivity index (χ1v) is 9.78. The summed E-state index contributed by atoms with van der Waals surface area (Å²) in [5.74, 6) is -0.469. The predicted octanol–water partition coefficient (Wildman–Crippen LogP) is -0.273. The van der Waals surface area contributed by atoms with Crippen molar-refractivity contribution in [2.24, 2.45) is 7.05 Å². The van der Waals surface area contributed by atoms with Crippen molar-refractivity contribution in [3.05, 3.63) is 42.8 Å². The molecule has 3 rings (SSSR count). The van der Waals surface area contributed by atoms with Crippen molar-refractivity contribution >= 4 is 16.9 Å². The standard InChI is InChI=1S/C19H27N5O4/c1-4-23-14(25)12-13(16(26)20-8-11-22-9-6-7-10-22)15-17(23)21(3)19(28)24(5-2)18(15)27/h12H,4-11H2,1-3H3,(H,20,26). The molecule has 0 unspecified atom stereocenters. The van der Waals surface area contributed by atoms with Crippen molar-refractivity contribution in [1.29, 1.82) is 0 Å². The second-order valence-electron chi connectivity index (χ2n) is 7.03. The lowest BCUT2D eigenvalue weighted by Crippen LogP contribution is -2.42. The minimum absolute atomic E-state index is 0.0221. The number of hydrogen-bond acceptors (Lipinski definition) is 5. The summed E-state index contributed by atoms with van der Waals surface area (Å²) < 4.78 is 3.69. The molecule has 0 aromatic carbocycles. The maximum Gasteiger partial charge on any atom is 0.332 e. The van der Waals surface area contributed by atoms with Crippen molar-refractivity contribution in [2.45, 2.75) is 39.8 Å². The van der Waals surface area contributed by atoms with Crippen molar-refractivity contribution in [1.82, 2.24) is 23.9 Å². The number of carbonyl (C=O) groups is 1. The van der Waals surface area contributed by atoms with Gasteiger partial charge in [0, 0.05) is 39.3 Å². The molecule has 0 aliphatic carbocycles. The van der Waals surface area contributed by atoms with Crippen molar-refractivity contribution in [3.8, 4) is 0 Å². The van der Waals surface area contributed by atoms with Crippen LogP contribution in [0.1, 0.15) is 37.0 Å². The maximum atomic E-state index is 13.0. The van der Waals surface area contributed by atoms with E-state index in [1.165, 1.54) is 35.1 Å². The normalized spacial score (nSPS) is 14.7. The van der Waals surface area contributed by atoms with E-state index >= 15 is 0 Å². The summed E-state index contributed by atoms with van der Waals surface area (Å²) in [5, 5.41) is 2.92. The van der Waals surface area contributed by atoms with Crippen LogP contribution in [0.3, 0.4) is 0 Å². The summed E-state index contributed by atoms with van der Waals surface area (Å²) in [5.41, 5.74) is -1.27. The zero-order chi connectivity index (χ0) is 20.4. The van der Waals surface area contributed by atoms with Gasteiger partial charge in [-0.25, -0.2) is 4.79 Å². The number of carbonyl (C=O) groups excluding carboxylic acids is 1. The number of pyridine rings is 1. The van der Waals surface area contributed by atoms with Gasteiger partial charge in [0.2, 0.25) is 0 Å². The van der Waals surface area contributed by atoms with Gasteiger partial charge in [-0.3, -0.25) is 28.1 Å². The zero-order valence-corrected chi connectivity index (χ0v) is 16.7. The van der Waals surface area contributed by atoms with Gasteiger partial charge in [0.05, 0.1) is 10.9 Å². The molecule has 2 aromatic heterocycles. The van der Waals surface area contributed by atoms with Crippen molar-refractivity contribution in [3.63, 3.8) is 0 Å². The Balaban J connectivity index is 2.10. The number of hydrogen-bond donors (Lipinski definition) is 1. The Bertz CT molecular complexity index is 1070. The molecule has 0 saturated carbocycles. The van der Waals surface area contributed by atoms with Gasteiger partial charge in [-0.15, -0.1) is 0 Å². The number of aryl methyl sites for hydroxylation is 2. The van der Waals surface area contributed by atoms with Crippen LogP contribution in [0.2, 0.25) is 0 Å². The monoisotopic (exact) mass is 389 g/mol. The van der Waals surface area contributed by atoms with Crippen LogP contribution in [-0.4, -0.2) is 50.7 Å². The molecule has 0 radical (unpaired) electrons. The molecule has 9 heteroatoms. The first-order valence-electron chi connectivity index (χ1n) is 9.78. The molecular formula is C19H27N5O4. The first kappa shape index (κ1) is 20.1. The lowest BCUT2D eigenvalue weighted by Gasteiger charge is -2.17. The lowest BCUT2D eigenvalue weighted by molar-refractivity contribution is 0.0951. The van der Waals surface area contributed by atoms with E-state index < -0.39 is 22.7 Å². The second kappa shape index (κ2) is 8.14. The zero-order valence-electron chi connectivity index (χ0n) is 16.7. The maximum absolute atomic E-state index is 13.0. The van der Waals surface area contributed by atoms with Crippen LogP contribution in [0.15, 0.2) is 20.4 Å². The number of amides is 1. The highest BCUT2D eigenvalue weighted by molar-refractivity contribution is 6.05. The highest BCUT2D eigenvalue weighted by Crippen LogP contribution is 2.12. The molecule has 1 aliphatic rings. The van der Waals surface area contributed by atoms with Gasteiger partial charge in [0.1, 0.15) is 5.65 Å². The van der Waals surface area contributed by atoms with Crippen LogP contribution >= 0.6 is 0 Å². The molecule has 1 amide bonds. The molecule has 0 atom stereocenters. The van der Waals surface area contributed by atoms with Gasteiger partial charge in [-0.2, -0.15) is 0 Å². The molecule has 1 aliphatic heterocycles. The Morgan fingerprint density at radius 3 is 2.32 bits per heavy atom. The van der Waals surface area contributed by atoms with Crippen LogP contribution < -0.4 is 22.1 Å². The topological polar surface area (TPSA) is 98.3 Å². The Labute approximate surface area is 162 Å². The number of nitrogens with one attached hydrogen (secondary N) is 1. The first-order chi connectivity index (χ1) is 13.4. The average molecular weight is 389 g/mol. The Kier molecular flexibility index (Phi) is 5.83. The molecule has 3 heterocycles. The van der Waals surface area contributed by atoms with Crippen LogP contribution in [0.4, 0.5) is 0 Å². The van der Waals surface area contributed by atoms with E-state index in [0.717, 1.165) is 24.2 Å². The fourth-order valence-electron chi connectivity index (χ4n) is 3.88. The second-order valence-corrected chi connectivity index (χ2v) is 7.03. The largest absolute Gasteiger partial charge is 0.351 e. The number of rotatable bonds is 6. The highest BCUT2D eigenvalue weighted by atomic mass is 16.2. The minimum atomic E-state index is -0.549. The third-order valence-electron chi connectivity index (χ3n) is 5.37. The predicted molar refractivity (Wildman–Crippen MR) is 107 cm³/mol. The fraction of sp³-hybridized carbons (Fsp3) is 0.579. The number of nitrogens with zero attached hydrogens (tertiary/aromatic N) is 4. The minimum Gasteiger partial charge on any atom is -0.351 e. The summed E-state index contributed by atoms with van der Waals surface area (Å²) in [4.78, 5) is 53.1. The van der Waals surface area contributed by atoms with E-state index in [-0.39, 0.29) is 29.7 Å². The fourth-order valence-corrected chi connectivity index (χ4v) is 3.88.